The van der Waals surface area contributed by atoms with Gasteiger partial charge in [-0.15, -0.1) is 24.5 Å². The van der Waals surface area contributed by atoms with Gasteiger partial charge in [0.1, 0.15) is 0 Å². The van der Waals surface area contributed by atoms with Crippen molar-refractivity contribution >= 4 is 11.3 Å². The van der Waals surface area contributed by atoms with E-state index in [1.807, 2.05) is 11.3 Å². The number of aryl methyl sites for hydroxylation is 1. The summed E-state index contributed by atoms with van der Waals surface area (Å²) in [6, 6.07) is 4.53. The molecule has 1 saturated carbocycles. The van der Waals surface area contributed by atoms with E-state index in [-0.39, 0.29) is 0 Å². The molecule has 1 fully saturated rings. The van der Waals surface area contributed by atoms with E-state index in [2.05, 4.69) is 32.2 Å². The summed E-state index contributed by atoms with van der Waals surface area (Å²) in [5.74, 6) is 0.929. The fourth-order valence-corrected chi connectivity index (χ4v) is 2.41. The Hall–Kier alpha value is -0.560. The second kappa shape index (κ2) is 4.46. The van der Waals surface area contributed by atoms with Crippen LogP contribution in [0.2, 0.25) is 0 Å². The largest absolute Gasteiger partial charge is 0.145 e. The molecule has 1 aromatic rings. The molecule has 0 nitrogen and oxygen atoms in total. The molecule has 0 aliphatic heterocycles. The third-order valence-electron chi connectivity index (χ3n) is 2.27. The lowest BCUT2D eigenvalue weighted by Gasteiger charge is -2.23. The summed E-state index contributed by atoms with van der Waals surface area (Å²) in [4.78, 5) is 3.07. The van der Waals surface area contributed by atoms with Gasteiger partial charge in [0, 0.05) is 9.75 Å². The molecule has 0 amide bonds. The fourth-order valence-electron chi connectivity index (χ4n) is 1.37. The minimum absolute atomic E-state index is 0.929. The van der Waals surface area contributed by atoms with Crippen molar-refractivity contribution in [2.24, 2.45) is 0 Å². The Morgan fingerprint density at radius 2 is 2.00 bits per heavy atom. The summed E-state index contributed by atoms with van der Waals surface area (Å²) in [7, 11) is 0. The molecule has 1 aromatic heterocycles. The van der Waals surface area contributed by atoms with E-state index in [9.17, 15) is 0 Å². The van der Waals surface area contributed by atoms with Crippen LogP contribution in [0.15, 0.2) is 25.3 Å². The molecule has 1 heteroatoms. The van der Waals surface area contributed by atoms with Crippen molar-refractivity contribution < 1.29 is 0 Å². The molecule has 0 N–H and O–H groups in total. The maximum atomic E-state index is 3.00. The number of hydrogen-bond acceptors (Lipinski definition) is 1. The van der Waals surface area contributed by atoms with Crippen molar-refractivity contribution in [3.05, 3.63) is 35.0 Å². The molecule has 2 rings (SSSR count). The molecular formula is C11H16S. The van der Waals surface area contributed by atoms with Crippen LogP contribution in [0.25, 0.3) is 0 Å². The van der Waals surface area contributed by atoms with Gasteiger partial charge in [-0.3, -0.25) is 0 Å². The van der Waals surface area contributed by atoms with Gasteiger partial charge in [-0.25, -0.2) is 0 Å². The summed E-state index contributed by atoms with van der Waals surface area (Å²) >= 11 is 1.97. The first-order valence-electron chi connectivity index (χ1n) is 4.42. The highest BCUT2D eigenvalue weighted by Crippen LogP contribution is 2.39. The molecule has 1 heterocycles. The van der Waals surface area contributed by atoms with Crippen molar-refractivity contribution in [3.63, 3.8) is 0 Å². The molecule has 66 valence electrons. The summed E-state index contributed by atoms with van der Waals surface area (Å²) in [6.45, 7) is 8.19. The average Bonchev–Trinajstić information content (AvgIpc) is 2.37. The maximum absolute atomic E-state index is 3.00. The molecule has 0 bridgehead atoms. The second-order valence-electron chi connectivity index (χ2n) is 3.08. The van der Waals surface area contributed by atoms with Crippen molar-refractivity contribution in [1.82, 2.24) is 0 Å². The van der Waals surface area contributed by atoms with E-state index in [0.717, 1.165) is 5.92 Å². The molecule has 0 spiro atoms. The Morgan fingerprint density at radius 1 is 1.33 bits per heavy atom. The van der Waals surface area contributed by atoms with E-state index < -0.39 is 0 Å². The van der Waals surface area contributed by atoms with Gasteiger partial charge in [-0.2, -0.15) is 0 Å². The molecule has 0 saturated heterocycles. The normalized spacial score (nSPS) is 16.1. The van der Waals surface area contributed by atoms with E-state index in [1.165, 1.54) is 24.1 Å². The smallest absolute Gasteiger partial charge is 0.00790 e. The lowest BCUT2D eigenvalue weighted by Crippen LogP contribution is -2.06. The molecule has 12 heavy (non-hydrogen) atoms. The average molecular weight is 180 g/mol. The topological polar surface area (TPSA) is 0 Å². The molecule has 0 aromatic carbocycles. The summed E-state index contributed by atoms with van der Waals surface area (Å²) in [6.07, 6.45) is 4.31. The van der Waals surface area contributed by atoms with Gasteiger partial charge in [0.05, 0.1) is 0 Å². The predicted molar refractivity (Wildman–Crippen MR) is 56.9 cm³/mol. The molecule has 0 unspecified atom stereocenters. The molecule has 1 aliphatic carbocycles. The summed E-state index contributed by atoms with van der Waals surface area (Å²) in [5.41, 5.74) is 0. The predicted octanol–water partition coefficient (Wildman–Crippen LogP) is 4.13. The standard InChI is InChI=1S/C9H12S.C2H4/c1-7-5-6-9(10-7)8-3-2-4-8;1-2/h5-6,8H,2-4H2,1H3;1-2H2. The highest BCUT2D eigenvalue weighted by Gasteiger charge is 2.20. The fraction of sp³-hybridized carbons (Fsp3) is 0.455. The number of thiophene rings is 1. The Balaban J connectivity index is 0.000000336. The Bertz CT molecular complexity index is 233. The van der Waals surface area contributed by atoms with Crippen LogP contribution in [0.5, 0.6) is 0 Å². The Morgan fingerprint density at radius 3 is 2.33 bits per heavy atom. The number of hydrogen-bond donors (Lipinski definition) is 0. The van der Waals surface area contributed by atoms with Crippen molar-refractivity contribution in [2.75, 3.05) is 0 Å². The van der Waals surface area contributed by atoms with Gasteiger partial charge in [-0.1, -0.05) is 6.42 Å². The van der Waals surface area contributed by atoms with Crippen molar-refractivity contribution in [1.29, 1.82) is 0 Å². The first kappa shape index (κ1) is 9.53. The molecule has 0 atom stereocenters. The van der Waals surface area contributed by atoms with E-state index in [4.69, 9.17) is 0 Å². The molecule has 1 aliphatic rings. The van der Waals surface area contributed by atoms with Gasteiger partial charge < -0.3 is 0 Å². The van der Waals surface area contributed by atoms with Gasteiger partial charge in [-0.05, 0) is 37.8 Å². The molecular weight excluding hydrogens is 164 g/mol. The van der Waals surface area contributed by atoms with Crippen LogP contribution in [0.3, 0.4) is 0 Å². The van der Waals surface area contributed by atoms with E-state index in [1.54, 1.807) is 4.88 Å². The van der Waals surface area contributed by atoms with Gasteiger partial charge >= 0.3 is 0 Å². The Labute approximate surface area is 78.9 Å². The zero-order chi connectivity index (χ0) is 8.97. The van der Waals surface area contributed by atoms with Crippen molar-refractivity contribution in [3.8, 4) is 0 Å². The summed E-state index contributed by atoms with van der Waals surface area (Å²) < 4.78 is 0. The lowest BCUT2D eigenvalue weighted by molar-refractivity contribution is 0.426. The first-order valence-corrected chi connectivity index (χ1v) is 5.24. The number of rotatable bonds is 1. The SMILES string of the molecule is C=C.Cc1ccc(C2CCC2)s1. The maximum Gasteiger partial charge on any atom is 0.00790 e. The first-order chi connectivity index (χ1) is 5.86. The minimum Gasteiger partial charge on any atom is -0.145 e. The van der Waals surface area contributed by atoms with Crippen LogP contribution in [0, 0.1) is 6.92 Å². The Kier molecular flexibility index (Phi) is 3.54. The van der Waals surface area contributed by atoms with Crippen LogP contribution < -0.4 is 0 Å². The zero-order valence-electron chi connectivity index (χ0n) is 7.68. The van der Waals surface area contributed by atoms with Crippen LogP contribution in [-0.4, -0.2) is 0 Å². The van der Waals surface area contributed by atoms with Gasteiger partial charge in [0.25, 0.3) is 0 Å². The lowest BCUT2D eigenvalue weighted by atomic mass is 9.84. The van der Waals surface area contributed by atoms with Crippen LogP contribution in [0.1, 0.15) is 34.9 Å². The van der Waals surface area contributed by atoms with E-state index in [0.29, 0.717) is 0 Å². The zero-order valence-corrected chi connectivity index (χ0v) is 8.49. The third-order valence-corrected chi connectivity index (χ3v) is 3.43. The van der Waals surface area contributed by atoms with Crippen LogP contribution in [0.4, 0.5) is 0 Å². The minimum atomic E-state index is 0.929. The second-order valence-corrected chi connectivity index (χ2v) is 4.40. The highest BCUT2D eigenvalue weighted by atomic mass is 32.1. The van der Waals surface area contributed by atoms with Gasteiger partial charge in [0.2, 0.25) is 0 Å². The summed E-state index contributed by atoms with van der Waals surface area (Å²) in [5, 5.41) is 0. The van der Waals surface area contributed by atoms with Crippen LogP contribution in [-0.2, 0) is 0 Å². The third kappa shape index (κ3) is 1.98. The van der Waals surface area contributed by atoms with Gasteiger partial charge in [0.15, 0.2) is 0 Å². The van der Waals surface area contributed by atoms with Crippen molar-refractivity contribution in [2.45, 2.75) is 32.1 Å². The molecule has 0 radical (unpaired) electrons. The quantitative estimate of drug-likeness (QED) is 0.570. The monoisotopic (exact) mass is 180 g/mol. The highest BCUT2D eigenvalue weighted by molar-refractivity contribution is 7.12. The van der Waals surface area contributed by atoms with E-state index >= 15 is 0 Å². The van der Waals surface area contributed by atoms with Crippen LogP contribution >= 0.6 is 11.3 Å².